The lowest BCUT2D eigenvalue weighted by molar-refractivity contribution is 0.578. The van der Waals surface area contributed by atoms with E-state index in [2.05, 4.69) is 19.2 Å². The van der Waals surface area contributed by atoms with Crippen molar-refractivity contribution in [2.75, 3.05) is 5.73 Å². The lowest BCUT2D eigenvalue weighted by atomic mass is 9.85. The molecule has 138 valence electrons. The number of nitrogens with two attached hydrogens (primary N) is 2. The summed E-state index contributed by atoms with van der Waals surface area (Å²) in [5.74, 6) is 0. The second kappa shape index (κ2) is 7.77. The maximum absolute atomic E-state index is 7.80. The van der Waals surface area contributed by atoms with Crippen molar-refractivity contribution in [3.8, 4) is 0 Å². The largest absolute Gasteiger partial charge is 0.398 e. The Labute approximate surface area is 155 Å². The first-order valence-electron chi connectivity index (χ1n) is 9.53. The number of fused-ring (bicyclic) bond motifs is 3. The number of aryl methyl sites for hydroxylation is 1. The van der Waals surface area contributed by atoms with Crippen LogP contribution in [0.25, 0.3) is 16.6 Å². The van der Waals surface area contributed by atoms with Gasteiger partial charge < -0.3 is 22.2 Å². The third-order valence-electron chi connectivity index (χ3n) is 5.21. The lowest BCUT2D eigenvalue weighted by Crippen LogP contribution is -2.22. The van der Waals surface area contributed by atoms with Gasteiger partial charge in [-0.05, 0) is 62.3 Å². The van der Waals surface area contributed by atoms with Crippen molar-refractivity contribution < 1.29 is 0 Å². The van der Waals surface area contributed by atoms with Gasteiger partial charge in [-0.15, -0.1) is 0 Å². The van der Waals surface area contributed by atoms with Crippen LogP contribution in [0.2, 0.25) is 0 Å². The van der Waals surface area contributed by atoms with Crippen molar-refractivity contribution in [2.24, 2.45) is 5.73 Å². The third kappa shape index (κ3) is 3.39. The Kier molecular flexibility index (Phi) is 5.45. The molecule has 0 aliphatic heterocycles. The van der Waals surface area contributed by atoms with E-state index in [9.17, 15) is 0 Å². The maximum atomic E-state index is 7.80. The fourth-order valence-corrected chi connectivity index (χ4v) is 3.88. The molecule has 5 heteroatoms. The Bertz CT molecular complexity index is 853. The molecule has 0 saturated carbocycles. The molecule has 5 nitrogen and oxygen atoms in total. The molecule has 1 aromatic carbocycles. The van der Waals surface area contributed by atoms with Crippen LogP contribution >= 0.6 is 0 Å². The summed E-state index contributed by atoms with van der Waals surface area (Å²) < 4.78 is 0. The summed E-state index contributed by atoms with van der Waals surface area (Å²) in [6, 6.07) is 4.16. The predicted molar refractivity (Wildman–Crippen MR) is 110 cm³/mol. The van der Waals surface area contributed by atoms with Gasteiger partial charge in [-0.1, -0.05) is 13.3 Å². The standard InChI is InChI=1S/C21H29N5/c1-3-6-13(2)25-12-18(24)21-15-8-5-4-7-14(15)20-16(11-22)17(23)9-10-19(20)26-21/h9-13,22,25H,3-8,23-24H2,1-2H3/b18-12-,22-11?. The molecule has 1 heterocycles. The van der Waals surface area contributed by atoms with Gasteiger partial charge in [0.2, 0.25) is 0 Å². The summed E-state index contributed by atoms with van der Waals surface area (Å²) in [4.78, 5) is 4.87. The van der Waals surface area contributed by atoms with Crippen molar-refractivity contribution in [2.45, 2.75) is 58.4 Å². The molecule has 0 bridgehead atoms. The van der Waals surface area contributed by atoms with Gasteiger partial charge in [-0.25, -0.2) is 4.98 Å². The average molecular weight is 351 g/mol. The Morgan fingerprint density at radius 2 is 2.04 bits per heavy atom. The summed E-state index contributed by atoms with van der Waals surface area (Å²) in [5.41, 5.74) is 18.9. The molecule has 0 amide bonds. The number of nitrogens with one attached hydrogen (secondary N) is 2. The van der Waals surface area contributed by atoms with Crippen LogP contribution in [0.5, 0.6) is 0 Å². The van der Waals surface area contributed by atoms with Crippen molar-refractivity contribution in [3.05, 3.63) is 40.7 Å². The lowest BCUT2D eigenvalue weighted by Gasteiger charge is -2.23. The molecule has 1 aromatic heterocycles. The van der Waals surface area contributed by atoms with Crippen molar-refractivity contribution in [1.29, 1.82) is 5.41 Å². The van der Waals surface area contributed by atoms with Crippen molar-refractivity contribution in [3.63, 3.8) is 0 Å². The predicted octanol–water partition coefficient (Wildman–Crippen LogP) is 3.73. The molecule has 1 unspecified atom stereocenters. The van der Waals surface area contributed by atoms with E-state index >= 15 is 0 Å². The van der Waals surface area contributed by atoms with Gasteiger partial charge in [0.05, 0.1) is 16.9 Å². The molecule has 6 N–H and O–H groups in total. The summed E-state index contributed by atoms with van der Waals surface area (Å²) in [5, 5.41) is 12.2. The first-order chi connectivity index (χ1) is 12.6. The van der Waals surface area contributed by atoms with Gasteiger partial charge in [-0.3, -0.25) is 0 Å². The van der Waals surface area contributed by atoms with E-state index in [-0.39, 0.29) is 0 Å². The first kappa shape index (κ1) is 18.2. The second-order valence-electron chi connectivity index (χ2n) is 7.19. The van der Waals surface area contributed by atoms with Crippen molar-refractivity contribution >= 4 is 28.5 Å². The van der Waals surface area contributed by atoms with Crippen LogP contribution in [0.15, 0.2) is 18.3 Å². The van der Waals surface area contributed by atoms with Crippen LogP contribution in [0.4, 0.5) is 5.69 Å². The third-order valence-corrected chi connectivity index (χ3v) is 5.21. The molecule has 0 saturated heterocycles. The number of nitrogens with zero attached hydrogens (tertiary/aromatic N) is 1. The van der Waals surface area contributed by atoms with Gasteiger partial charge >= 0.3 is 0 Å². The highest BCUT2D eigenvalue weighted by Crippen LogP contribution is 2.35. The Morgan fingerprint density at radius 1 is 1.31 bits per heavy atom. The molecule has 0 fully saturated rings. The van der Waals surface area contributed by atoms with Crippen LogP contribution in [0.3, 0.4) is 0 Å². The number of benzene rings is 1. The summed E-state index contributed by atoms with van der Waals surface area (Å²) in [7, 11) is 0. The van der Waals surface area contributed by atoms with Gasteiger partial charge in [0.1, 0.15) is 0 Å². The summed E-state index contributed by atoms with van der Waals surface area (Å²) >= 11 is 0. The highest BCUT2D eigenvalue weighted by atomic mass is 14.9. The highest BCUT2D eigenvalue weighted by Gasteiger charge is 2.21. The zero-order valence-electron chi connectivity index (χ0n) is 15.7. The number of rotatable bonds is 6. The van der Waals surface area contributed by atoms with E-state index in [4.69, 9.17) is 21.9 Å². The minimum Gasteiger partial charge on any atom is -0.398 e. The van der Waals surface area contributed by atoms with Gasteiger partial charge in [-0.2, -0.15) is 0 Å². The van der Waals surface area contributed by atoms with Crippen LogP contribution in [0.1, 0.15) is 61.9 Å². The number of hydrogen-bond acceptors (Lipinski definition) is 5. The zero-order chi connectivity index (χ0) is 18.7. The van der Waals surface area contributed by atoms with Gasteiger partial charge in [0.25, 0.3) is 0 Å². The minimum atomic E-state index is 0.388. The molecule has 1 aliphatic rings. The summed E-state index contributed by atoms with van der Waals surface area (Å²) in [6.45, 7) is 4.34. The average Bonchev–Trinajstić information content (AvgIpc) is 2.65. The van der Waals surface area contributed by atoms with Crippen LogP contribution in [0, 0.1) is 5.41 Å². The van der Waals surface area contributed by atoms with Crippen LogP contribution in [-0.4, -0.2) is 17.2 Å². The topological polar surface area (TPSA) is 101 Å². The van der Waals surface area contributed by atoms with E-state index in [1.807, 2.05) is 18.3 Å². The number of nitrogen functional groups attached to an aromatic ring is 1. The van der Waals surface area contributed by atoms with Crippen molar-refractivity contribution in [1.82, 2.24) is 10.3 Å². The normalized spacial score (nSPS) is 15.5. The van der Waals surface area contributed by atoms with E-state index in [1.54, 1.807) is 0 Å². The number of hydrogen-bond donors (Lipinski definition) is 4. The zero-order valence-corrected chi connectivity index (χ0v) is 15.7. The van der Waals surface area contributed by atoms with Crippen LogP contribution < -0.4 is 16.8 Å². The molecule has 0 radical (unpaired) electrons. The Hall–Kier alpha value is -2.56. The fourth-order valence-electron chi connectivity index (χ4n) is 3.88. The van der Waals surface area contributed by atoms with E-state index in [0.29, 0.717) is 17.4 Å². The number of aromatic nitrogens is 1. The summed E-state index contributed by atoms with van der Waals surface area (Å²) in [6.07, 6.45) is 9.74. The molecule has 1 aliphatic carbocycles. The van der Waals surface area contributed by atoms with Crippen LogP contribution in [-0.2, 0) is 12.8 Å². The highest BCUT2D eigenvalue weighted by molar-refractivity contribution is 6.05. The molecule has 1 atom stereocenters. The van der Waals surface area contributed by atoms with Gasteiger partial charge in [0.15, 0.2) is 0 Å². The SMILES string of the molecule is CCCC(C)N/C=C(\N)c1nc2ccc(N)c(C=N)c2c2c1CCCC2. The molecule has 26 heavy (non-hydrogen) atoms. The van der Waals surface area contributed by atoms with E-state index in [1.165, 1.54) is 17.3 Å². The Balaban J connectivity index is 2.14. The number of pyridine rings is 1. The molecule has 0 spiro atoms. The number of anilines is 1. The molecule has 2 aromatic rings. The molecular formula is C21H29N5. The molecular weight excluding hydrogens is 322 g/mol. The van der Waals surface area contributed by atoms with E-state index in [0.717, 1.165) is 60.7 Å². The molecule has 3 rings (SSSR count). The first-order valence-corrected chi connectivity index (χ1v) is 9.53. The maximum Gasteiger partial charge on any atom is 0.0916 e. The van der Waals surface area contributed by atoms with Gasteiger partial charge in [0, 0.05) is 35.1 Å². The monoisotopic (exact) mass is 351 g/mol. The van der Waals surface area contributed by atoms with E-state index < -0.39 is 0 Å². The smallest absolute Gasteiger partial charge is 0.0916 e. The fraction of sp³-hybridized carbons (Fsp3) is 0.429. The second-order valence-corrected chi connectivity index (χ2v) is 7.19. The Morgan fingerprint density at radius 3 is 2.73 bits per heavy atom. The quantitative estimate of drug-likeness (QED) is 0.470. The minimum absolute atomic E-state index is 0.388.